The molecule has 3 saturated carbocycles. The van der Waals surface area contributed by atoms with Gasteiger partial charge in [0.1, 0.15) is 29.4 Å². The molecule has 2 aromatic rings. The molecule has 6 rings (SSSR count). The van der Waals surface area contributed by atoms with Gasteiger partial charge in [-0.3, -0.25) is 9.59 Å². The van der Waals surface area contributed by atoms with Gasteiger partial charge < -0.3 is 23.7 Å². The van der Waals surface area contributed by atoms with E-state index in [1.807, 2.05) is 13.0 Å². The molecule has 1 spiro atoms. The Morgan fingerprint density at radius 2 is 1.36 bits per heavy atom. The molecule has 4 unspecified atom stereocenters. The number of Topliss-reactive ketones (excluding diaryl/α,β-unsaturated/α-hetero) is 2. The summed E-state index contributed by atoms with van der Waals surface area (Å²) in [5, 5.41) is 0. The highest BCUT2D eigenvalue weighted by molar-refractivity contribution is 5.81. The molecular weight excluding hydrogens is 592 g/mol. The highest BCUT2D eigenvalue weighted by Crippen LogP contribution is 2.41. The molecule has 0 amide bonds. The summed E-state index contributed by atoms with van der Waals surface area (Å²) in [6.45, 7) is 11.9. The van der Waals surface area contributed by atoms with E-state index in [0.29, 0.717) is 54.9 Å². The minimum Gasteiger partial charge on any atom is -0.496 e. The van der Waals surface area contributed by atoms with E-state index in [0.717, 1.165) is 69.2 Å². The molecule has 7 nitrogen and oxygen atoms in total. The van der Waals surface area contributed by atoms with E-state index in [9.17, 15) is 14.4 Å². The van der Waals surface area contributed by atoms with Gasteiger partial charge in [0.25, 0.3) is 0 Å². The molecule has 4 aliphatic rings. The summed E-state index contributed by atoms with van der Waals surface area (Å²) in [6, 6.07) is 12.9. The van der Waals surface area contributed by atoms with Crippen LogP contribution in [0.5, 0.6) is 11.5 Å². The maximum Gasteiger partial charge on any atom is 0.169 e. The van der Waals surface area contributed by atoms with Crippen LogP contribution in [0.25, 0.3) is 0 Å². The summed E-state index contributed by atoms with van der Waals surface area (Å²) in [5.41, 5.74) is 5.11. The standard InChI is InChI=1S/C16H22O2.C15H20O2.C9H14O3/c1-11-8-13(10-17)4-6-15(11)14-5-7-16(18-3)12(2)9-14;1-10-9-13(16)5-6-14(10)12-4-7-15(17-3)11(2)8-12;1-7-6-9(3-2-8(7)10)11-4-5-12-9/h5,7,9-11,13,15H,4,6,8H2,1-3H3;4,7-8,10,14H,5-6,9H2,1-3H3;7H,2-6H2,1H3/t11?,13-,15-;;/m1../s1. The quantitative estimate of drug-likeness (QED) is 0.301. The van der Waals surface area contributed by atoms with Crippen molar-refractivity contribution in [3.05, 3.63) is 58.7 Å². The highest BCUT2D eigenvalue weighted by Gasteiger charge is 2.43. The van der Waals surface area contributed by atoms with Crippen LogP contribution in [-0.4, -0.2) is 51.1 Å². The van der Waals surface area contributed by atoms with E-state index in [-0.39, 0.29) is 11.8 Å². The first-order valence-electron chi connectivity index (χ1n) is 17.6. The lowest BCUT2D eigenvalue weighted by atomic mass is 9.72. The van der Waals surface area contributed by atoms with Crippen molar-refractivity contribution < 1.29 is 33.3 Å². The van der Waals surface area contributed by atoms with Crippen LogP contribution < -0.4 is 9.47 Å². The third-order valence-electron chi connectivity index (χ3n) is 10.8. The van der Waals surface area contributed by atoms with E-state index in [1.165, 1.54) is 22.3 Å². The Morgan fingerprint density at radius 3 is 1.83 bits per heavy atom. The lowest BCUT2D eigenvalue weighted by molar-refractivity contribution is -0.187. The molecule has 0 radical (unpaired) electrons. The Hall–Kier alpha value is -3.03. The molecular formula is C40H56O7. The van der Waals surface area contributed by atoms with Gasteiger partial charge in [0, 0.05) is 43.9 Å². The van der Waals surface area contributed by atoms with Crippen LogP contribution in [0.4, 0.5) is 0 Å². The highest BCUT2D eigenvalue weighted by atomic mass is 16.7. The van der Waals surface area contributed by atoms with Crippen molar-refractivity contribution in [1.29, 1.82) is 0 Å². The zero-order valence-corrected chi connectivity index (χ0v) is 29.6. The fraction of sp³-hybridized carbons (Fsp3) is 0.625. The molecule has 1 heterocycles. The van der Waals surface area contributed by atoms with E-state index < -0.39 is 5.79 Å². The summed E-state index contributed by atoms with van der Waals surface area (Å²) in [4.78, 5) is 33.5. The molecule has 3 aliphatic carbocycles. The Kier molecular flexibility index (Phi) is 13.2. The second kappa shape index (κ2) is 16.9. The Morgan fingerprint density at radius 1 is 0.787 bits per heavy atom. The summed E-state index contributed by atoms with van der Waals surface area (Å²) < 4.78 is 21.6. The normalized spacial score (nSPS) is 28.4. The largest absolute Gasteiger partial charge is 0.496 e. The van der Waals surface area contributed by atoms with Crippen LogP contribution in [0.15, 0.2) is 36.4 Å². The maximum atomic E-state index is 11.4. The zero-order valence-electron chi connectivity index (χ0n) is 29.6. The zero-order chi connectivity index (χ0) is 34.1. The van der Waals surface area contributed by atoms with Crippen molar-refractivity contribution in [2.75, 3.05) is 27.4 Å². The van der Waals surface area contributed by atoms with Crippen LogP contribution in [0.2, 0.25) is 0 Å². The molecule has 4 fully saturated rings. The van der Waals surface area contributed by atoms with E-state index in [4.69, 9.17) is 18.9 Å². The number of aryl methyl sites for hydroxylation is 2. The number of rotatable bonds is 5. The van der Waals surface area contributed by atoms with Crippen molar-refractivity contribution in [2.24, 2.45) is 23.7 Å². The first kappa shape index (κ1) is 36.8. The van der Waals surface area contributed by atoms with Crippen LogP contribution in [0.1, 0.15) is 113 Å². The number of aldehydes is 1. The molecule has 2 aromatic carbocycles. The smallest absolute Gasteiger partial charge is 0.169 e. The van der Waals surface area contributed by atoms with Gasteiger partial charge >= 0.3 is 0 Å². The minimum atomic E-state index is -0.396. The Bertz CT molecular complexity index is 1360. The number of hydrogen-bond donors (Lipinski definition) is 0. The van der Waals surface area contributed by atoms with Gasteiger partial charge in [-0.05, 0) is 97.6 Å². The third-order valence-corrected chi connectivity index (χ3v) is 10.8. The van der Waals surface area contributed by atoms with Gasteiger partial charge in [0.2, 0.25) is 0 Å². The molecule has 1 aliphatic heterocycles. The Balaban J connectivity index is 0.000000163. The van der Waals surface area contributed by atoms with Crippen LogP contribution in [0, 0.1) is 37.5 Å². The SMILES string of the molecule is CC1CC2(CCC1=O)OCCO2.COc1ccc(C2CCC(=O)CC2C)cc1C.COc1ccc([C@@H]2CC[C@@H](C=O)CC2C)cc1C. The van der Waals surface area contributed by atoms with Crippen molar-refractivity contribution >= 4 is 17.9 Å². The number of ketones is 2. The summed E-state index contributed by atoms with van der Waals surface area (Å²) in [6.07, 6.45) is 8.87. The molecule has 0 bridgehead atoms. The fourth-order valence-corrected chi connectivity index (χ4v) is 8.02. The van der Waals surface area contributed by atoms with Gasteiger partial charge in [-0.1, -0.05) is 45.0 Å². The second-order valence-corrected chi connectivity index (χ2v) is 14.3. The molecule has 1 saturated heterocycles. The summed E-state index contributed by atoms with van der Waals surface area (Å²) >= 11 is 0. The molecule has 0 N–H and O–H groups in total. The maximum absolute atomic E-state index is 11.4. The van der Waals surface area contributed by atoms with Gasteiger partial charge in [-0.25, -0.2) is 0 Å². The third kappa shape index (κ3) is 9.54. The van der Waals surface area contributed by atoms with Crippen molar-refractivity contribution in [3.63, 3.8) is 0 Å². The second-order valence-electron chi connectivity index (χ2n) is 14.3. The molecule has 7 heteroatoms. The number of carbonyl (C=O) groups excluding carboxylic acids is 3. The molecule has 258 valence electrons. The van der Waals surface area contributed by atoms with Crippen molar-refractivity contribution in [1.82, 2.24) is 0 Å². The van der Waals surface area contributed by atoms with Crippen molar-refractivity contribution in [2.45, 2.75) is 110 Å². The first-order chi connectivity index (χ1) is 22.5. The summed E-state index contributed by atoms with van der Waals surface area (Å²) in [5.74, 6) is 4.80. The van der Waals surface area contributed by atoms with Crippen molar-refractivity contribution in [3.8, 4) is 11.5 Å². The average Bonchev–Trinajstić information content (AvgIpc) is 3.51. The van der Waals surface area contributed by atoms with Gasteiger partial charge in [-0.2, -0.15) is 0 Å². The lowest BCUT2D eigenvalue weighted by Gasteiger charge is -2.33. The van der Waals surface area contributed by atoms with Crippen LogP contribution >= 0.6 is 0 Å². The molecule has 0 aromatic heterocycles. The van der Waals surface area contributed by atoms with Gasteiger partial charge in [-0.15, -0.1) is 0 Å². The van der Waals surface area contributed by atoms with E-state index in [2.05, 4.69) is 58.0 Å². The number of carbonyl (C=O) groups is 3. The minimum absolute atomic E-state index is 0.108. The topological polar surface area (TPSA) is 88.1 Å². The van der Waals surface area contributed by atoms with Crippen LogP contribution in [-0.2, 0) is 23.9 Å². The van der Waals surface area contributed by atoms with Gasteiger partial charge in [0.15, 0.2) is 5.79 Å². The molecule has 47 heavy (non-hydrogen) atoms. The van der Waals surface area contributed by atoms with Crippen LogP contribution in [0.3, 0.4) is 0 Å². The number of ether oxygens (including phenoxy) is 4. The first-order valence-corrected chi connectivity index (χ1v) is 17.6. The van der Waals surface area contributed by atoms with E-state index >= 15 is 0 Å². The Labute approximate surface area is 282 Å². The number of methoxy groups -OCH3 is 2. The average molecular weight is 649 g/mol. The number of hydrogen-bond acceptors (Lipinski definition) is 7. The lowest BCUT2D eigenvalue weighted by Crippen LogP contribution is -2.39. The fourth-order valence-electron chi connectivity index (χ4n) is 8.02. The number of benzene rings is 2. The monoisotopic (exact) mass is 648 g/mol. The predicted molar refractivity (Wildman–Crippen MR) is 184 cm³/mol. The van der Waals surface area contributed by atoms with Gasteiger partial charge in [0.05, 0.1) is 27.4 Å². The predicted octanol–water partition coefficient (Wildman–Crippen LogP) is 8.32. The van der Waals surface area contributed by atoms with E-state index in [1.54, 1.807) is 14.2 Å². The summed E-state index contributed by atoms with van der Waals surface area (Å²) in [7, 11) is 3.41. The molecule has 6 atom stereocenters.